The summed E-state index contributed by atoms with van der Waals surface area (Å²) >= 11 is 0. The second-order valence-electron chi connectivity index (χ2n) is 6.04. The maximum Gasteiger partial charge on any atom is 0.340 e. The van der Waals surface area contributed by atoms with Crippen molar-refractivity contribution in [1.29, 1.82) is 0 Å². The van der Waals surface area contributed by atoms with Gasteiger partial charge in [-0.05, 0) is 43.7 Å². The van der Waals surface area contributed by atoms with Crippen molar-refractivity contribution in [3.8, 4) is 0 Å². The summed E-state index contributed by atoms with van der Waals surface area (Å²) in [5.41, 5.74) is 1.23. The van der Waals surface area contributed by atoms with Gasteiger partial charge in [-0.3, -0.25) is 9.78 Å². The Morgan fingerprint density at radius 2 is 1.93 bits per heavy atom. The van der Waals surface area contributed by atoms with Crippen molar-refractivity contribution in [1.82, 2.24) is 9.29 Å². The number of pyridine rings is 1. The van der Waals surface area contributed by atoms with E-state index < -0.39 is 28.0 Å². The average molecular weight is 391 g/mol. The molecule has 0 saturated heterocycles. The second kappa shape index (κ2) is 8.28. The highest BCUT2D eigenvalue weighted by Gasteiger charge is 2.22. The van der Waals surface area contributed by atoms with E-state index in [0.29, 0.717) is 11.3 Å². The first-order valence-corrected chi connectivity index (χ1v) is 9.52. The molecule has 1 aromatic heterocycles. The molecule has 0 radical (unpaired) electrons. The van der Waals surface area contributed by atoms with Crippen LogP contribution in [0, 0.1) is 6.92 Å². The van der Waals surface area contributed by atoms with Gasteiger partial charge in [-0.25, -0.2) is 17.5 Å². The fraction of sp³-hybridized carbons (Fsp3) is 0.278. The van der Waals surface area contributed by atoms with Crippen LogP contribution in [0.25, 0.3) is 0 Å². The van der Waals surface area contributed by atoms with Crippen molar-refractivity contribution >= 4 is 27.6 Å². The van der Waals surface area contributed by atoms with Crippen LogP contribution in [0.15, 0.2) is 47.6 Å². The highest BCUT2D eigenvalue weighted by atomic mass is 32.2. The molecular formula is C18H21N3O5S. The first-order valence-electron chi connectivity index (χ1n) is 8.08. The molecule has 1 unspecified atom stereocenters. The number of aryl methyl sites for hydroxylation is 1. The number of benzene rings is 1. The summed E-state index contributed by atoms with van der Waals surface area (Å²) in [7, 11) is -0.789. The number of ether oxygens (including phenoxy) is 1. The number of nitrogens with one attached hydrogen (secondary N) is 1. The predicted octanol–water partition coefficient (Wildman–Crippen LogP) is 1.82. The van der Waals surface area contributed by atoms with Crippen LogP contribution >= 0.6 is 0 Å². The molecule has 0 saturated carbocycles. The van der Waals surface area contributed by atoms with E-state index in [4.69, 9.17) is 4.74 Å². The molecule has 1 N–H and O–H groups in total. The number of aromatic nitrogens is 1. The third kappa shape index (κ3) is 4.89. The second-order valence-corrected chi connectivity index (χ2v) is 8.19. The van der Waals surface area contributed by atoms with E-state index in [0.717, 1.165) is 4.31 Å². The summed E-state index contributed by atoms with van der Waals surface area (Å²) in [6.07, 6.45) is 1.78. The SMILES string of the molecule is Cc1ccc(S(=O)(=O)N(C)C)cc1NC(=O)C(C)OC(=O)c1cccnc1. The van der Waals surface area contributed by atoms with E-state index in [1.165, 1.54) is 51.6 Å². The Balaban J connectivity index is 2.14. The van der Waals surface area contributed by atoms with E-state index in [-0.39, 0.29) is 10.5 Å². The van der Waals surface area contributed by atoms with E-state index >= 15 is 0 Å². The molecule has 0 fully saturated rings. The zero-order valence-electron chi connectivity index (χ0n) is 15.5. The van der Waals surface area contributed by atoms with Gasteiger partial charge >= 0.3 is 5.97 Å². The molecule has 1 heterocycles. The van der Waals surface area contributed by atoms with Gasteiger partial charge in [0, 0.05) is 32.2 Å². The largest absolute Gasteiger partial charge is 0.449 e. The third-order valence-corrected chi connectivity index (χ3v) is 5.61. The molecular weight excluding hydrogens is 370 g/mol. The van der Waals surface area contributed by atoms with E-state index in [1.54, 1.807) is 19.1 Å². The number of hydrogen-bond donors (Lipinski definition) is 1. The Kier molecular flexibility index (Phi) is 6.29. The molecule has 8 nitrogen and oxygen atoms in total. The zero-order chi connectivity index (χ0) is 20.2. The first-order chi connectivity index (χ1) is 12.6. The summed E-state index contributed by atoms with van der Waals surface area (Å²) in [4.78, 5) is 28.2. The molecule has 27 heavy (non-hydrogen) atoms. The van der Waals surface area contributed by atoms with Crippen LogP contribution in [0.3, 0.4) is 0 Å². The van der Waals surface area contributed by atoms with Crippen molar-refractivity contribution < 1.29 is 22.7 Å². The van der Waals surface area contributed by atoms with Crippen LogP contribution in [0.1, 0.15) is 22.8 Å². The predicted molar refractivity (Wildman–Crippen MR) is 99.8 cm³/mol. The maximum atomic E-state index is 12.4. The Labute approximate surface area is 158 Å². The summed E-state index contributed by atoms with van der Waals surface area (Å²) in [6.45, 7) is 3.16. The van der Waals surface area contributed by atoms with Crippen LogP contribution in [-0.2, 0) is 19.6 Å². The van der Waals surface area contributed by atoms with Crippen LogP contribution in [0.4, 0.5) is 5.69 Å². The Bertz CT molecular complexity index is 943. The van der Waals surface area contributed by atoms with Gasteiger partial charge in [-0.1, -0.05) is 6.07 Å². The summed E-state index contributed by atoms with van der Waals surface area (Å²) < 4.78 is 30.7. The Hall–Kier alpha value is -2.78. The van der Waals surface area contributed by atoms with E-state index in [1.807, 2.05) is 0 Å². The lowest BCUT2D eigenvalue weighted by atomic mass is 10.2. The molecule has 0 aliphatic carbocycles. The normalized spacial score (nSPS) is 12.5. The van der Waals surface area contributed by atoms with Crippen LogP contribution < -0.4 is 5.32 Å². The highest BCUT2D eigenvalue weighted by Crippen LogP contribution is 2.22. The molecule has 9 heteroatoms. The minimum absolute atomic E-state index is 0.0495. The topological polar surface area (TPSA) is 106 Å². The number of anilines is 1. The quantitative estimate of drug-likeness (QED) is 0.753. The number of amides is 1. The molecule has 1 atom stereocenters. The van der Waals surface area contributed by atoms with Gasteiger partial charge in [0.15, 0.2) is 6.10 Å². The Morgan fingerprint density at radius 3 is 2.52 bits per heavy atom. The van der Waals surface area contributed by atoms with Crippen molar-refractivity contribution in [2.75, 3.05) is 19.4 Å². The number of esters is 1. The minimum Gasteiger partial charge on any atom is -0.449 e. The number of carbonyl (C=O) groups excluding carboxylic acids is 2. The number of rotatable bonds is 6. The molecule has 0 aliphatic heterocycles. The molecule has 0 aliphatic rings. The highest BCUT2D eigenvalue weighted by molar-refractivity contribution is 7.89. The van der Waals surface area contributed by atoms with Gasteiger partial charge in [-0.2, -0.15) is 0 Å². The molecule has 2 rings (SSSR count). The smallest absolute Gasteiger partial charge is 0.340 e. The van der Waals surface area contributed by atoms with Gasteiger partial charge < -0.3 is 10.1 Å². The van der Waals surface area contributed by atoms with Crippen LogP contribution in [0.5, 0.6) is 0 Å². The van der Waals surface area contributed by atoms with Crippen molar-refractivity contribution in [3.05, 3.63) is 53.9 Å². The summed E-state index contributed by atoms with van der Waals surface area (Å²) in [5, 5.41) is 2.60. The fourth-order valence-electron chi connectivity index (χ4n) is 2.11. The van der Waals surface area contributed by atoms with Crippen LogP contribution in [0.2, 0.25) is 0 Å². The lowest BCUT2D eigenvalue weighted by Crippen LogP contribution is -2.30. The van der Waals surface area contributed by atoms with Crippen molar-refractivity contribution in [2.24, 2.45) is 0 Å². The van der Waals surface area contributed by atoms with Crippen LogP contribution in [-0.4, -0.2) is 49.8 Å². The molecule has 1 aromatic carbocycles. The lowest BCUT2D eigenvalue weighted by molar-refractivity contribution is -0.123. The fourth-order valence-corrected chi connectivity index (χ4v) is 3.04. The van der Waals surface area contributed by atoms with Gasteiger partial charge in [0.1, 0.15) is 0 Å². The summed E-state index contributed by atoms with van der Waals surface area (Å²) in [6, 6.07) is 7.55. The number of hydrogen-bond acceptors (Lipinski definition) is 6. The van der Waals surface area contributed by atoms with Gasteiger partial charge in [-0.15, -0.1) is 0 Å². The number of carbonyl (C=O) groups is 2. The Morgan fingerprint density at radius 1 is 1.22 bits per heavy atom. The average Bonchev–Trinajstić information content (AvgIpc) is 2.63. The third-order valence-electron chi connectivity index (χ3n) is 3.80. The van der Waals surface area contributed by atoms with Gasteiger partial charge in [0.25, 0.3) is 5.91 Å². The summed E-state index contributed by atoms with van der Waals surface area (Å²) in [5.74, 6) is -1.25. The molecule has 144 valence electrons. The maximum absolute atomic E-state index is 12.4. The zero-order valence-corrected chi connectivity index (χ0v) is 16.3. The lowest BCUT2D eigenvalue weighted by Gasteiger charge is -2.16. The van der Waals surface area contributed by atoms with E-state index in [9.17, 15) is 18.0 Å². The monoisotopic (exact) mass is 391 g/mol. The molecule has 2 aromatic rings. The molecule has 0 bridgehead atoms. The number of sulfonamides is 1. The molecule has 0 spiro atoms. The molecule has 1 amide bonds. The standard InChI is InChI=1S/C18H21N3O5S/c1-12-7-8-15(27(24,25)21(3)4)10-16(12)20-17(22)13(2)26-18(23)14-6-5-9-19-11-14/h5-11,13H,1-4H3,(H,20,22). The number of nitrogens with zero attached hydrogens (tertiary/aromatic N) is 2. The van der Waals surface area contributed by atoms with Crippen molar-refractivity contribution in [2.45, 2.75) is 24.8 Å². The minimum atomic E-state index is -3.64. The van der Waals surface area contributed by atoms with Crippen molar-refractivity contribution in [3.63, 3.8) is 0 Å². The van der Waals surface area contributed by atoms with Gasteiger partial charge in [0.2, 0.25) is 10.0 Å². The van der Waals surface area contributed by atoms with Gasteiger partial charge in [0.05, 0.1) is 10.5 Å². The van der Waals surface area contributed by atoms with E-state index in [2.05, 4.69) is 10.3 Å². The first kappa shape index (κ1) is 20.5.